The van der Waals surface area contributed by atoms with E-state index in [1.54, 1.807) is 6.92 Å². The van der Waals surface area contributed by atoms with Gasteiger partial charge in [0.05, 0.1) is 5.69 Å². The maximum atomic E-state index is 10.9. The van der Waals surface area contributed by atoms with E-state index in [-0.39, 0.29) is 0 Å². The molecule has 0 fully saturated rings. The highest BCUT2D eigenvalue weighted by atomic mass is 127. The summed E-state index contributed by atoms with van der Waals surface area (Å²) < 4.78 is 1.15. The van der Waals surface area contributed by atoms with Crippen molar-refractivity contribution < 1.29 is 9.90 Å². The lowest BCUT2D eigenvalue weighted by Gasteiger charge is -1.95. The Bertz CT molecular complexity index is 533. The van der Waals surface area contributed by atoms with Crippen LogP contribution >= 0.6 is 33.9 Å². The van der Waals surface area contributed by atoms with Gasteiger partial charge in [0.25, 0.3) is 0 Å². The summed E-state index contributed by atoms with van der Waals surface area (Å²) in [6, 6.07) is 7.86. The SMILES string of the molecule is Cc1nc(-c2ccc(I)cc2)sc1C(=O)O. The second-order valence-corrected chi connectivity index (χ2v) is 5.49. The molecule has 3 nitrogen and oxygen atoms in total. The van der Waals surface area contributed by atoms with Crippen LogP contribution in [-0.4, -0.2) is 16.1 Å². The molecule has 16 heavy (non-hydrogen) atoms. The minimum atomic E-state index is -0.910. The topological polar surface area (TPSA) is 50.2 Å². The van der Waals surface area contributed by atoms with Gasteiger partial charge in [0, 0.05) is 9.13 Å². The number of carbonyl (C=O) groups is 1. The Morgan fingerprint density at radius 2 is 2.00 bits per heavy atom. The first-order valence-corrected chi connectivity index (χ1v) is 6.44. The largest absolute Gasteiger partial charge is 0.477 e. The smallest absolute Gasteiger partial charge is 0.347 e. The summed E-state index contributed by atoms with van der Waals surface area (Å²) in [5, 5.41) is 9.70. The standard InChI is InChI=1S/C11H8INO2S/c1-6-9(11(14)15)16-10(13-6)7-2-4-8(12)5-3-7/h2-5H,1H3,(H,14,15). The van der Waals surface area contributed by atoms with Crippen molar-refractivity contribution in [3.8, 4) is 10.6 Å². The average molecular weight is 345 g/mol. The van der Waals surface area contributed by atoms with Gasteiger partial charge in [-0.15, -0.1) is 11.3 Å². The number of aromatic nitrogens is 1. The van der Waals surface area contributed by atoms with Crippen LogP contribution in [0.2, 0.25) is 0 Å². The van der Waals surface area contributed by atoms with Gasteiger partial charge in [-0.3, -0.25) is 0 Å². The van der Waals surface area contributed by atoms with Crippen molar-refractivity contribution in [1.82, 2.24) is 4.98 Å². The summed E-state index contributed by atoms with van der Waals surface area (Å²) in [4.78, 5) is 15.5. The summed E-state index contributed by atoms with van der Waals surface area (Å²) in [5.74, 6) is -0.910. The van der Waals surface area contributed by atoms with Gasteiger partial charge in [0.2, 0.25) is 0 Å². The van der Waals surface area contributed by atoms with Gasteiger partial charge in [0.1, 0.15) is 9.88 Å². The van der Waals surface area contributed by atoms with E-state index in [2.05, 4.69) is 27.6 Å². The number of hydrogen-bond acceptors (Lipinski definition) is 3. The van der Waals surface area contributed by atoms with Crippen LogP contribution in [0.1, 0.15) is 15.4 Å². The molecule has 0 aliphatic carbocycles. The predicted octanol–water partition coefficient (Wildman–Crippen LogP) is 3.42. The normalized spacial score (nSPS) is 10.4. The molecular weight excluding hydrogens is 337 g/mol. The Morgan fingerprint density at radius 1 is 1.38 bits per heavy atom. The number of halogens is 1. The lowest BCUT2D eigenvalue weighted by Crippen LogP contribution is -1.94. The van der Waals surface area contributed by atoms with Gasteiger partial charge in [0.15, 0.2) is 0 Å². The van der Waals surface area contributed by atoms with Crippen molar-refractivity contribution in [3.63, 3.8) is 0 Å². The Morgan fingerprint density at radius 3 is 2.50 bits per heavy atom. The van der Waals surface area contributed by atoms with Crippen LogP contribution in [0.4, 0.5) is 0 Å². The molecule has 82 valence electrons. The van der Waals surface area contributed by atoms with Gasteiger partial charge in [-0.05, 0) is 41.6 Å². The molecule has 0 amide bonds. The summed E-state index contributed by atoms with van der Waals surface area (Å²) in [6.07, 6.45) is 0. The maximum Gasteiger partial charge on any atom is 0.347 e. The van der Waals surface area contributed by atoms with Crippen LogP contribution in [0.15, 0.2) is 24.3 Å². The van der Waals surface area contributed by atoms with Crippen molar-refractivity contribution in [2.24, 2.45) is 0 Å². The first-order valence-electron chi connectivity index (χ1n) is 4.54. The van der Waals surface area contributed by atoms with Gasteiger partial charge in [-0.25, -0.2) is 9.78 Å². The zero-order chi connectivity index (χ0) is 11.7. The van der Waals surface area contributed by atoms with Gasteiger partial charge < -0.3 is 5.11 Å². The maximum absolute atomic E-state index is 10.9. The molecule has 0 bridgehead atoms. The molecule has 0 saturated carbocycles. The number of carboxylic acid groups (broad SMARTS) is 1. The highest BCUT2D eigenvalue weighted by Gasteiger charge is 2.14. The molecule has 0 radical (unpaired) electrons. The molecular formula is C11H8INO2S. The highest BCUT2D eigenvalue weighted by Crippen LogP contribution is 2.28. The van der Waals surface area contributed by atoms with Crippen molar-refractivity contribution in [2.45, 2.75) is 6.92 Å². The van der Waals surface area contributed by atoms with Crippen molar-refractivity contribution in [3.05, 3.63) is 38.4 Å². The Labute approximate surface area is 110 Å². The first-order chi connectivity index (χ1) is 7.58. The molecule has 0 atom stereocenters. The molecule has 2 rings (SSSR count). The lowest BCUT2D eigenvalue weighted by molar-refractivity contribution is 0.0701. The third-order valence-electron chi connectivity index (χ3n) is 2.08. The number of benzene rings is 1. The number of aryl methyl sites for hydroxylation is 1. The minimum absolute atomic E-state index is 0.313. The van der Waals surface area contributed by atoms with Crippen molar-refractivity contribution in [1.29, 1.82) is 0 Å². The van der Waals surface area contributed by atoms with Crippen molar-refractivity contribution in [2.75, 3.05) is 0 Å². The Kier molecular flexibility index (Phi) is 3.25. The molecule has 0 spiro atoms. The van der Waals surface area contributed by atoms with Crippen LogP contribution in [0.3, 0.4) is 0 Å². The molecule has 1 heterocycles. The van der Waals surface area contributed by atoms with E-state index < -0.39 is 5.97 Å². The summed E-state index contributed by atoms with van der Waals surface area (Å²) in [6.45, 7) is 1.72. The fraction of sp³-hybridized carbons (Fsp3) is 0.0909. The van der Waals surface area contributed by atoms with Crippen LogP contribution in [-0.2, 0) is 0 Å². The third-order valence-corrected chi connectivity index (χ3v) is 4.00. The van der Waals surface area contributed by atoms with Crippen LogP contribution in [0.5, 0.6) is 0 Å². The molecule has 5 heteroatoms. The Balaban J connectivity index is 2.45. The number of carboxylic acids is 1. The molecule has 2 aromatic rings. The summed E-state index contributed by atoms with van der Waals surface area (Å²) >= 11 is 3.44. The van der Waals surface area contributed by atoms with Crippen LogP contribution < -0.4 is 0 Å². The Hall–Kier alpha value is -0.950. The number of thiazole rings is 1. The zero-order valence-electron chi connectivity index (χ0n) is 8.40. The van der Waals surface area contributed by atoms with Gasteiger partial charge >= 0.3 is 5.97 Å². The first kappa shape index (κ1) is 11.5. The summed E-state index contributed by atoms with van der Waals surface area (Å²) in [5.41, 5.74) is 1.53. The van der Waals surface area contributed by atoms with E-state index in [0.717, 1.165) is 14.1 Å². The van der Waals surface area contributed by atoms with Gasteiger partial charge in [-0.2, -0.15) is 0 Å². The van der Waals surface area contributed by atoms with E-state index in [4.69, 9.17) is 5.11 Å². The van der Waals surface area contributed by atoms with E-state index in [1.807, 2.05) is 24.3 Å². The quantitative estimate of drug-likeness (QED) is 0.849. The number of rotatable bonds is 2. The third kappa shape index (κ3) is 2.25. The zero-order valence-corrected chi connectivity index (χ0v) is 11.4. The number of hydrogen-bond donors (Lipinski definition) is 1. The number of nitrogens with zero attached hydrogens (tertiary/aromatic N) is 1. The average Bonchev–Trinajstić information content (AvgIpc) is 2.61. The predicted molar refractivity (Wildman–Crippen MR) is 72.0 cm³/mol. The molecule has 1 aromatic carbocycles. The van der Waals surface area contributed by atoms with E-state index in [9.17, 15) is 4.79 Å². The molecule has 0 aliphatic heterocycles. The highest BCUT2D eigenvalue weighted by molar-refractivity contribution is 14.1. The molecule has 0 unspecified atom stereocenters. The van der Waals surface area contributed by atoms with E-state index in [0.29, 0.717) is 10.6 Å². The molecule has 0 saturated heterocycles. The molecule has 1 aromatic heterocycles. The fourth-order valence-corrected chi connectivity index (χ4v) is 2.58. The summed E-state index contributed by atoms with van der Waals surface area (Å²) in [7, 11) is 0. The van der Waals surface area contributed by atoms with Crippen molar-refractivity contribution >= 4 is 39.9 Å². The van der Waals surface area contributed by atoms with Crippen LogP contribution in [0, 0.1) is 10.5 Å². The lowest BCUT2D eigenvalue weighted by atomic mass is 10.2. The van der Waals surface area contributed by atoms with E-state index in [1.165, 1.54) is 11.3 Å². The van der Waals surface area contributed by atoms with E-state index >= 15 is 0 Å². The second kappa shape index (κ2) is 4.50. The minimum Gasteiger partial charge on any atom is -0.477 e. The molecule has 0 aliphatic rings. The monoisotopic (exact) mass is 345 g/mol. The van der Waals surface area contributed by atoms with Gasteiger partial charge in [-0.1, -0.05) is 12.1 Å². The fourth-order valence-electron chi connectivity index (χ4n) is 1.31. The van der Waals surface area contributed by atoms with Crippen LogP contribution in [0.25, 0.3) is 10.6 Å². The number of aromatic carboxylic acids is 1. The molecule has 1 N–H and O–H groups in total. The second-order valence-electron chi connectivity index (χ2n) is 3.25.